The number of hydrogen-bond acceptors (Lipinski definition) is 2. The predicted molar refractivity (Wildman–Crippen MR) is 66.9 cm³/mol. The minimum atomic E-state index is -0.180. The van der Waals surface area contributed by atoms with Crippen molar-refractivity contribution in [2.75, 3.05) is 14.2 Å². The third kappa shape index (κ3) is 2.29. The van der Waals surface area contributed by atoms with Crippen LogP contribution in [0.4, 0.5) is 4.39 Å². The lowest BCUT2D eigenvalue weighted by atomic mass is 9.88. The first kappa shape index (κ1) is 12.4. The summed E-state index contributed by atoms with van der Waals surface area (Å²) in [6.07, 6.45) is 2.23. The lowest BCUT2D eigenvalue weighted by molar-refractivity contribution is 0.386. The van der Waals surface area contributed by atoms with Gasteiger partial charge >= 0.3 is 0 Å². The van der Waals surface area contributed by atoms with Gasteiger partial charge in [0.05, 0.1) is 7.11 Å². The molecule has 0 heterocycles. The largest absolute Gasteiger partial charge is 0.496 e. The Morgan fingerprint density at radius 2 is 2.12 bits per heavy atom. The van der Waals surface area contributed by atoms with Crippen LogP contribution in [-0.4, -0.2) is 20.2 Å². The van der Waals surface area contributed by atoms with E-state index >= 15 is 0 Å². The van der Waals surface area contributed by atoms with Crippen molar-refractivity contribution in [2.45, 2.75) is 31.7 Å². The van der Waals surface area contributed by atoms with Crippen molar-refractivity contribution >= 4 is 0 Å². The molecule has 3 heteroatoms. The van der Waals surface area contributed by atoms with Gasteiger partial charge in [-0.15, -0.1) is 0 Å². The van der Waals surface area contributed by atoms with Crippen molar-refractivity contribution in [1.29, 1.82) is 0 Å². The van der Waals surface area contributed by atoms with Gasteiger partial charge < -0.3 is 10.1 Å². The highest BCUT2D eigenvalue weighted by Crippen LogP contribution is 2.43. The average molecular weight is 237 g/mol. The summed E-state index contributed by atoms with van der Waals surface area (Å²) in [6, 6.07) is 5.33. The fourth-order valence-corrected chi connectivity index (χ4v) is 3.01. The van der Waals surface area contributed by atoms with Crippen molar-refractivity contribution in [3.05, 3.63) is 29.6 Å². The summed E-state index contributed by atoms with van der Waals surface area (Å²) >= 11 is 0. The van der Waals surface area contributed by atoms with Gasteiger partial charge in [-0.05, 0) is 49.9 Å². The molecule has 0 saturated heterocycles. The van der Waals surface area contributed by atoms with Gasteiger partial charge in [0.1, 0.15) is 11.6 Å². The average Bonchev–Trinajstić information content (AvgIpc) is 2.70. The van der Waals surface area contributed by atoms with Gasteiger partial charge in [0.2, 0.25) is 0 Å². The predicted octanol–water partition coefficient (Wildman–Crippen LogP) is 2.94. The number of benzene rings is 1. The van der Waals surface area contributed by atoms with Crippen LogP contribution in [0, 0.1) is 11.7 Å². The van der Waals surface area contributed by atoms with Crippen LogP contribution in [0.25, 0.3) is 0 Å². The Hall–Kier alpha value is -1.09. The fraction of sp³-hybridized carbons (Fsp3) is 0.571. The van der Waals surface area contributed by atoms with Crippen LogP contribution in [-0.2, 0) is 0 Å². The number of halogens is 1. The second-order valence-corrected chi connectivity index (χ2v) is 4.82. The summed E-state index contributed by atoms with van der Waals surface area (Å²) in [5.41, 5.74) is 1.01. The zero-order valence-corrected chi connectivity index (χ0v) is 10.7. The molecule has 1 N–H and O–H groups in total. The van der Waals surface area contributed by atoms with E-state index in [0.717, 1.165) is 24.2 Å². The molecule has 1 aromatic rings. The van der Waals surface area contributed by atoms with Crippen molar-refractivity contribution in [3.8, 4) is 5.75 Å². The van der Waals surface area contributed by atoms with E-state index in [-0.39, 0.29) is 5.82 Å². The Balaban J connectivity index is 2.31. The monoisotopic (exact) mass is 237 g/mol. The van der Waals surface area contributed by atoms with Gasteiger partial charge in [0.25, 0.3) is 0 Å². The Morgan fingerprint density at radius 1 is 1.35 bits per heavy atom. The molecule has 0 bridgehead atoms. The number of rotatable bonds is 3. The lowest BCUT2D eigenvalue weighted by Crippen LogP contribution is -2.28. The first-order chi connectivity index (χ1) is 8.17. The molecule has 3 unspecified atom stereocenters. The van der Waals surface area contributed by atoms with E-state index in [2.05, 4.69) is 12.2 Å². The van der Waals surface area contributed by atoms with Crippen LogP contribution in [0.1, 0.15) is 31.2 Å². The topological polar surface area (TPSA) is 21.3 Å². The highest BCUT2D eigenvalue weighted by Gasteiger charge is 2.34. The Kier molecular flexibility index (Phi) is 3.67. The number of ether oxygens (including phenoxy) is 1. The van der Waals surface area contributed by atoms with Crippen LogP contribution in [0.3, 0.4) is 0 Å². The SMILES string of the molecule is CNC1CCC(c2cc(F)ccc2OC)C1C. The molecule has 1 aromatic carbocycles. The molecule has 2 nitrogen and oxygen atoms in total. The van der Waals surface area contributed by atoms with Gasteiger partial charge in [-0.3, -0.25) is 0 Å². The molecule has 94 valence electrons. The van der Waals surface area contributed by atoms with Gasteiger partial charge in [0.15, 0.2) is 0 Å². The smallest absolute Gasteiger partial charge is 0.123 e. The maximum atomic E-state index is 13.4. The van der Waals surface area contributed by atoms with Crippen LogP contribution in [0.5, 0.6) is 5.75 Å². The third-order valence-electron chi connectivity index (χ3n) is 4.02. The molecule has 1 aliphatic rings. The molecule has 0 amide bonds. The van der Waals surface area contributed by atoms with E-state index in [1.807, 2.05) is 7.05 Å². The molecule has 0 spiro atoms. The molecule has 0 aliphatic heterocycles. The van der Waals surface area contributed by atoms with Gasteiger partial charge in [0, 0.05) is 11.6 Å². The molecule has 3 atom stereocenters. The van der Waals surface area contributed by atoms with Crippen LogP contribution in [0.2, 0.25) is 0 Å². The van der Waals surface area contributed by atoms with E-state index in [9.17, 15) is 4.39 Å². The Morgan fingerprint density at radius 3 is 2.71 bits per heavy atom. The zero-order valence-electron chi connectivity index (χ0n) is 10.7. The maximum Gasteiger partial charge on any atom is 0.123 e. The normalized spacial score (nSPS) is 28.4. The molecular weight excluding hydrogens is 217 g/mol. The summed E-state index contributed by atoms with van der Waals surface area (Å²) in [5.74, 6) is 1.52. The van der Waals surface area contributed by atoms with Crippen molar-refractivity contribution in [3.63, 3.8) is 0 Å². The van der Waals surface area contributed by atoms with Crippen molar-refractivity contribution < 1.29 is 9.13 Å². The van der Waals surface area contributed by atoms with Gasteiger partial charge in [-0.1, -0.05) is 6.92 Å². The second-order valence-electron chi connectivity index (χ2n) is 4.82. The summed E-state index contributed by atoms with van der Waals surface area (Å²) in [4.78, 5) is 0. The zero-order chi connectivity index (χ0) is 12.4. The summed E-state index contributed by atoms with van der Waals surface area (Å²) in [5, 5.41) is 3.33. The van der Waals surface area contributed by atoms with Crippen LogP contribution in [0.15, 0.2) is 18.2 Å². The minimum Gasteiger partial charge on any atom is -0.496 e. The molecule has 17 heavy (non-hydrogen) atoms. The molecule has 2 rings (SSSR count). The molecule has 1 saturated carbocycles. The van der Waals surface area contributed by atoms with Crippen molar-refractivity contribution in [2.24, 2.45) is 5.92 Å². The first-order valence-corrected chi connectivity index (χ1v) is 6.18. The van der Waals surface area contributed by atoms with Gasteiger partial charge in [-0.2, -0.15) is 0 Å². The highest BCUT2D eigenvalue weighted by atomic mass is 19.1. The molecule has 1 fully saturated rings. The summed E-state index contributed by atoms with van der Waals surface area (Å²) in [6.45, 7) is 2.23. The highest BCUT2D eigenvalue weighted by molar-refractivity contribution is 5.38. The van der Waals surface area contributed by atoms with E-state index in [1.54, 1.807) is 19.2 Å². The Labute approximate surface area is 102 Å². The number of hydrogen-bond donors (Lipinski definition) is 1. The maximum absolute atomic E-state index is 13.4. The Bertz CT molecular complexity index is 394. The molecular formula is C14H20FNO. The van der Waals surface area contributed by atoms with Crippen LogP contribution >= 0.6 is 0 Å². The first-order valence-electron chi connectivity index (χ1n) is 6.18. The molecule has 0 radical (unpaired) electrons. The third-order valence-corrected chi connectivity index (χ3v) is 4.02. The van der Waals surface area contributed by atoms with E-state index in [4.69, 9.17) is 4.74 Å². The summed E-state index contributed by atoms with van der Waals surface area (Å²) in [7, 11) is 3.64. The van der Waals surface area contributed by atoms with Crippen molar-refractivity contribution in [1.82, 2.24) is 5.32 Å². The van der Waals surface area contributed by atoms with Crippen LogP contribution < -0.4 is 10.1 Å². The number of nitrogens with one attached hydrogen (secondary N) is 1. The quantitative estimate of drug-likeness (QED) is 0.872. The number of methoxy groups -OCH3 is 1. The standard InChI is InChI=1S/C14H20FNO/c1-9-11(5-6-13(9)16-2)12-8-10(15)4-7-14(12)17-3/h4,7-9,11,13,16H,5-6H2,1-3H3. The van der Waals surface area contributed by atoms with E-state index in [0.29, 0.717) is 17.9 Å². The minimum absolute atomic E-state index is 0.180. The summed E-state index contributed by atoms with van der Waals surface area (Å²) < 4.78 is 18.7. The van der Waals surface area contributed by atoms with E-state index in [1.165, 1.54) is 6.07 Å². The van der Waals surface area contributed by atoms with Gasteiger partial charge in [-0.25, -0.2) is 4.39 Å². The van der Waals surface area contributed by atoms with E-state index < -0.39 is 0 Å². The lowest BCUT2D eigenvalue weighted by Gasteiger charge is -2.22. The second kappa shape index (κ2) is 5.05. The molecule has 1 aliphatic carbocycles. The molecule has 0 aromatic heterocycles. The fourth-order valence-electron chi connectivity index (χ4n) is 3.01.